The van der Waals surface area contributed by atoms with Gasteiger partial charge in [-0.1, -0.05) is 42.0 Å². The summed E-state index contributed by atoms with van der Waals surface area (Å²) in [6.07, 6.45) is 0. The Morgan fingerprint density at radius 2 is 1.89 bits per heavy atom. The van der Waals surface area contributed by atoms with Crippen molar-refractivity contribution >= 4 is 10.0 Å². The van der Waals surface area contributed by atoms with Crippen LogP contribution in [0.5, 0.6) is 5.75 Å². The second-order valence-corrected chi connectivity index (χ2v) is 8.84. The lowest BCUT2D eigenvalue weighted by atomic mass is 10.0. The van der Waals surface area contributed by atoms with Gasteiger partial charge < -0.3 is 9.47 Å². The van der Waals surface area contributed by atoms with Crippen LogP contribution < -0.4 is 9.46 Å². The summed E-state index contributed by atoms with van der Waals surface area (Å²) < 4.78 is 38.8. The minimum atomic E-state index is -3.47. The molecule has 7 heteroatoms. The maximum atomic E-state index is 12.7. The maximum Gasteiger partial charge on any atom is 0.215 e. The fourth-order valence-corrected chi connectivity index (χ4v) is 4.60. The van der Waals surface area contributed by atoms with E-state index in [1.54, 1.807) is 31.4 Å². The highest BCUT2D eigenvalue weighted by Gasteiger charge is 2.24. The third kappa shape index (κ3) is 5.78. The van der Waals surface area contributed by atoms with Crippen LogP contribution in [-0.2, 0) is 20.5 Å². The van der Waals surface area contributed by atoms with Crippen molar-refractivity contribution in [3.8, 4) is 5.75 Å². The van der Waals surface area contributed by atoms with Crippen molar-refractivity contribution in [2.45, 2.75) is 18.7 Å². The first-order chi connectivity index (χ1) is 13.5. The number of rotatable bonds is 8. The van der Waals surface area contributed by atoms with E-state index >= 15 is 0 Å². The first kappa shape index (κ1) is 20.8. The van der Waals surface area contributed by atoms with Gasteiger partial charge in [-0.25, -0.2) is 13.1 Å². The molecule has 1 N–H and O–H groups in total. The Morgan fingerprint density at radius 1 is 1.14 bits per heavy atom. The summed E-state index contributed by atoms with van der Waals surface area (Å²) in [5.41, 5.74) is 2.98. The molecule has 0 spiro atoms. The van der Waals surface area contributed by atoms with E-state index in [0.717, 1.165) is 24.2 Å². The predicted molar refractivity (Wildman–Crippen MR) is 110 cm³/mol. The van der Waals surface area contributed by atoms with E-state index < -0.39 is 10.0 Å². The number of nitrogens with zero attached hydrogens (tertiary/aromatic N) is 1. The Morgan fingerprint density at radius 3 is 2.61 bits per heavy atom. The molecule has 28 heavy (non-hydrogen) atoms. The standard InChI is InChI=1S/C21H28N2O4S/c1-17-5-3-7-19(13-17)21(23-9-11-27-12-10-23)15-22-28(24,25)16-18-6-4-8-20(14-18)26-2/h3-8,13-14,21-22H,9-12,15-16H2,1-2H3. The van der Waals surface area contributed by atoms with Crippen molar-refractivity contribution in [3.63, 3.8) is 0 Å². The summed E-state index contributed by atoms with van der Waals surface area (Å²) in [6, 6.07) is 15.4. The molecule has 1 atom stereocenters. The summed E-state index contributed by atoms with van der Waals surface area (Å²) in [4.78, 5) is 2.28. The van der Waals surface area contributed by atoms with Crippen molar-refractivity contribution < 1.29 is 17.9 Å². The molecule has 0 saturated carbocycles. The second kappa shape index (κ2) is 9.52. The van der Waals surface area contributed by atoms with Crippen LogP contribution in [0.3, 0.4) is 0 Å². The molecular weight excluding hydrogens is 376 g/mol. The number of sulfonamides is 1. The number of aryl methyl sites for hydroxylation is 1. The number of morpholine rings is 1. The van der Waals surface area contributed by atoms with Crippen molar-refractivity contribution in [2.24, 2.45) is 0 Å². The molecule has 0 radical (unpaired) electrons. The SMILES string of the molecule is COc1cccc(CS(=O)(=O)NCC(c2cccc(C)c2)N2CCOCC2)c1. The summed E-state index contributed by atoms with van der Waals surface area (Å²) in [5.74, 6) is 0.576. The molecule has 1 aliphatic rings. The van der Waals surface area contributed by atoms with Gasteiger partial charge in [0.1, 0.15) is 5.75 Å². The Bertz CT molecular complexity index is 879. The predicted octanol–water partition coefficient (Wildman–Crippen LogP) is 2.50. The fourth-order valence-electron chi connectivity index (χ4n) is 3.46. The largest absolute Gasteiger partial charge is 0.497 e. The highest BCUT2D eigenvalue weighted by molar-refractivity contribution is 7.88. The van der Waals surface area contributed by atoms with Crippen LogP contribution in [0.1, 0.15) is 22.7 Å². The molecule has 2 aromatic rings. The summed E-state index contributed by atoms with van der Waals surface area (Å²) >= 11 is 0. The summed E-state index contributed by atoms with van der Waals surface area (Å²) in [6.45, 7) is 5.28. The van der Waals surface area contributed by atoms with Crippen LogP contribution in [0, 0.1) is 6.92 Å². The van der Waals surface area contributed by atoms with Gasteiger partial charge in [0.25, 0.3) is 0 Å². The van der Waals surface area contributed by atoms with Gasteiger partial charge in [-0.3, -0.25) is 4.90 Å². The van der Waals surface area contributed by atoms with E-state index in [2.05, 4.69) is 21.8 Å². The zero-order valence-electron chi connectivity index (χ0n) is 16.4. The van der Waals surface area contributed by atoms with Gasteiger partial charge in [0.15, 0.2) is 0 Å². The first-order valence-electron chi connectivity index (χ1n) is 9.45. The normalized spacial score (nSPS) is 16.6. The molecule has 1 unspecified atom stereocenters. The van der Waals surface area contributed by atoms with Crippen molar-refractivity contribution in [1.29, 1.82) is 0 Å². The Kier molecular flexibility index (Phi) is 7.07. The Balaban J connectivity index is 1.72. The van der Waals surface area contributed by atoms with Gasteiger partial charge >= 0.3 is 0 Å². The lowest BCUT2D eigenvalue weighted by molar-refractivity contribution is 0.0172. The van der Waals surface area contributed by atoms with Crippen LogP contribution in [0.25, 0.3) is 0 Å². The van der Waals surface area contributed by atoms with Gasteiger partial charge in [-0.15, -0.1) is 0 Å². The molecule has 3 rings (SSSR count). The highest BCUT2D eigenvalue weighted by Crippen LogP contribution is 2.23. The van der Waals surface area contributed by atoms with Gasteiger partial charge in [-0.05, 0) is 30.2 Å². The van der Waals surface area contributed by atoms with E-state index in [1.165, 1.54) is 0 Å². The van der Waals surface area contributed by atoms with Crippen LogP contribution in [0.2, 0.25) is 0 Å². The van der Waals surface area contributed by atoms with Crippen LogP contribution in [0.15, 0.2) is 48.5 Å². The molecule has 2 aromatic carbocycles. The third-order valence-electron chi connectivity index (χ3n) is 4.90. The van der Waals surface area contributed by atoms with E-state index in [9.17, 15) is 8.42 Å². The van der Waals surface area contributed by atoms with Crippen molar-refractivity contribution in [1.82, 2.24) is 9.62 Å². The third-order valence-corrected chi connectivity index (χ3v) is 6.22. The van der Waals surface area contributed by atoms with E-state index in [0.29, 0.717) is 31.1 Å². The first-order valence-corrected chi connectivity index (χ1v) is 11.1. The molecule has 1 aliphatic heterocycles. The molecule has 0 aliphatic carbocycles. The molecule has 1 fully saturated rings. The second-order valence-electron chi connectivity index (χ2n) is 7.04. The van der Waals surface area contributed by atoms with Crippen LogP contribution in [-0.4, -0.2) is 53.3 Å². The zero-order valence-corrected chi connectivity index (χ0v) is 17.2. The van der Waals surface area contributed by atoms with Gasteiger partial charge in [0, 0.05) is 25.7 Å². The number of hydrogen-bond acceptors (Lipinski definition) is 5. The molecule has 1 heterocycles. The lowest BCUT2D eigenvalue weighted by Gasteiger charge is -2.35. The van der Waals surface area contributed by atoms with Gasteiger partial charge in [0.05, 0.1) is 26.1 Å². The Hall–Kier alpha value is -1.93. The number of benzene rings is 2. The lowest BCUT2D eigenvalue weighted by Crippen LogP contribution is -2.44. The summed E-state index contributed by atoms with van der Waals surface area (Å²) in [5, 5.41) is 0. The highest BCUT2D eigenvalue weighted by atomic mass is 32.2. The molecule has 0 bridgehead atoms. The average Bonchev–Trinajstić information content (AvgIpc) is 2.69. The quantitative estimate of drug-likeness (QED) is 0.732. The molecular formula is C21H28N2O4S. The number of nitrogens with one attached hydrogen (secondary N) is 1. The number of methoxy groups -OCH3 is 1. The van der Waals surface area contributed by atoms with Crippen molar-refractivity contribution in [2.75, 3.05) is 40.0 Å². The monoisotopic (exact) mass is 404 g/mol. The minimum Gasteiger partial charge on any atom is -0.497 e. The smallest absolute Gasteiger partial charge is 0.215 e. The minimum absolute atomic E-state index is 0.0242. The van der Waals surface area contributed by atoms with Gasteiger partial charge in [-0.2, -0.15) is 0 Å². The fraction of sp³-hybridized carbons (Fsp3) is 0.429. The average molecular weight is 405 g/mol. The molecule has 1 saturated heterocycles. The van der Waals surface area contributed by atoms with E-state index in [-0.39, 0.29) is 11.8 Å². The Labute approximate surface area is 167 Å². The molecule has 152 valence electrons. The summed E-state index contributed by atoms with van der Waals surface area (Å²) in [7, 11) is -1.90. The number of ether oxygens (including phenoxy) is 2. The van der Waals surface area contributed by atoms with Crippen LogP contribution >= 0.6 is 0 Å². The van der Waals surface area contributed by atoms with Crippen molar-refractivity contribution in [3.05, 3.63) is 65.2 Å². The number of hydrogen-bond donors (Lipinski definition) is 1. The topological polar surface area (TPSA) is 67.9 Å². The maximum absolute atomic E-state index is 12.7. The van der Waals surface area contributed by atoms with E-state index in [4.69, 9.17) is 9.47 Å². The molecule has 0 aromatic heterocycles. The van der Waals surface area contributed by atoms with Crippen LogP contribution in [0.4, 0.5) is 0 Å². The zero-order chi connectivity index (χ0) is 20.0. The van der Waals surface area contributed by atoms with Gasteiger partial charge in [0.2, 0.25) is 10.0 Å². The van der Waals surface area contributed by atoms with E-state index in [1.807, 2.05) is 19.1 Å². The molecule has 6 nitrogen and oxygen atoms in total. The molecule has 0 amide bonds.